The van der Waals surface area contributed by atoms with E-state index in [4.69, 9.17) is 0 Å². The van der Waals surface area contributed by atoms with Crippen molar-refractivity contribution in [1.82, 2.24) is 40.1 Å². The van der Waals surface area contributed by atoms with Crippen molar-refractivity contribution < 1.29 is 32.3 Å². The van der Waals surface area contributed by atoms with E-state index in [0.29, 0.717) is 54.1 Å². The van der Waals surface area contributed by atoms with Crippen molar-refractivity contribution in [3.8, 4) is 11.8 Å². The number of carbonyl (C=O) groups is 4. The van der Waals surface area contributed by atoms with Gasteiger partial charge in [-0.1, -0.05) is 24.0 Å². The molecule has 0 saturated carbocycles. The molecule has 0 aliphatic carbocycles. The summed E-state index contributed by atoms with van der Waals surface area (Å²) in [6, 6.07) is 8.07. The summed E-state index contributed by atoms with van der Waals surface area (Å²) in [7, 11) is 1.72. The molecule has 3 atom stereocenters. The molecule has 3 N–H and O–H groups in total. The number of halogens is 3. The first kappa shape index (κ1) is 36.0. The zero-order chi connectivity index (χ0) is 39.7. The van der Waals surface area contributed by atoms with Gasteiger partial charge >= 0.3 is 0 Å². The molecule has 6 heterocycles. The number of hydrogen-bond donors (Lipinski definition) is 3. The van der Waals surface area contributed by atoms with Gasteiger partial charge < -0.3 is 5.32 Å². The number of aromatic nitrogens is 5. The van der Waals surface area contributed by atoms with Gasteiger partial charge in [0.25, 0.3) is 17.4 Å². The maximum Gasteiger partial charge on any atom is 0.272 e. The van der Waals surface area contributed by atoms with Crippen LogP contribution in [0.3, 0.4) is 0 Å². The van der Waals surface area contributed by atoms with Crippen LogP contribution in [0.1, 0.15) is 86.6 Å². The average Bonchev–Trinajstić information content (AvgIpc) is 3.72. The van der Waals surface area contributed by atoms with Crippen LogP contribution in [-0.2, 0) is 23.2 Å². The first-order valence-corrected chi connectivity index (χ1v) is 18.4. The molecule has 4 amide bonds. The van der Waals surface area contributed by atoms with E-state index in [2.05, 4.69) is 42.8 Å². The standard InChI is InChI=1S/C40H32F3N9O5/c1-50-36(44-18-45-50)32-34(46-27-16-23(41)15-25-30(27)35(32)48-49-37(25)54)21-5-7-26(42)20(14-21)3-2-19-10-12-51(13-11-19)17-22-4-6-24-31(33(22)43)40(57)52(39(24)56)28-8-9-29(53)47-38(28)55/h4-7,14-16,18-19,28,32,34,46H,8-13,17H2,1H3,(H,49,54)(H,47,53,55)/t28?,32-,34-/m1/s1. The van der Waals surface area contributed by atoms with Crippen LogP contribution >= 0.6 is 0 Å². The Morgan fingerprint density at radius 1 is 0.947 bits per heavy atom. The molecular formula is C40H32F3N9O5. The van der Waals surface area contributed by atoms with Gasteiger partial charge in [0.15, 0.2) is 0 Å². The van der Waals surface area contributed by atoms with E-state index in [1.54, 1.807) is 23.9 Å². The number of benzene rings is 3. The van der Waals surface area contributed by atoms with Crippen molar-refractivity contribution in [2.75, 3.05) is 18.4 Å². The second-order valence-corrected chi connectivity index (χ2v) is 14.6. The van der Waals surface area contributed by atoms with Gasteiger partial charge in [0.2, 0.25) is 11.8 Å². The molecule has 17 heteroatoms. The lowest BCUT2D eigenvalue weighted by molar-refractivity contribution is -0.136. The van der Waals surface area contributed by atoms with E-state index in [0.717, 1.165) is 11.0 Å². The molecular weight excluding hydrogens is 743 g/mol. The van der Waals surface area contributed by atoms with Crippen LogP contribution in [0, 0.1) is 35.2 Å². The third-order valence-electron chi connectivity index (χ3n) is 11.2. The number of aryl methyl sites for hydroxylation is 1. The Hall–Kier alpha value is -6.67. The van der Waals surface area contributed by atoms with Crippen LogP contribution in [0.2, 0.25) is 0 Å². The van der Waals surface area contributed by atoms with Gasteiger partial charge in [0.1, 0.15) is 35.6 Å². The molecule has 3 aromatic carbocycles. The monoisotopic (exact) mass is 775 g/mol. The highest BCUT2D eigenvalue weighted by Gasteiger charge is 2.46. The first-order chi connectivity index (χ1) is 27.5. The molecule has 288 valence electrons. The number of anilines is 1. The summed E-state index contributed by atoms with van der Waals surface area (Å²) >= 11 is 0. The fourth-order valence-electron chi connectivity index (χ4n) is 8.34. The predicted molar refractivity (Wildman–Crippen MR) is 196 cm³/mol. The molecule has 57 heavy (non-hydrogen) atoms. The van der Waals surface area contributed by atoms with Gasteiger partial charge in [-0.3, -0.25) is 43.8 Å². The van der Waals surface area contributed by atoms with Crippen LogP contribution < -0.4 is 16.2 Å². The smallest absolute Gasteiger partial charge is 0.272 e. The number of nitrogens with zero attached hydrogens (tertiary/aromatic N) is 6. The minimum Gasteiger partial charge on any atom is -0.376 e. The van der Waals surface area contributed by atoms with Gasteiger partial charge in [-0.15, -0.1) is 0 Å². The van der Waals surface area contributed by atoms with Gasteiger partial charge in [0, 0.05) is 42.6 Å². The van der Waals surface area contributed by atoms with Crippen LogP contribution in [-0.4, -0.2) is 77.5 Å². The van der Waals surface area contributed by atoms with E-state index >= 15 is 8.78 Å². The lowest BCUT2D eigenvalue weighted by Crippen LogP contribution is -2.54. The quantitative estimate of drug-likeness (QED) is 0.177. The number of carbonyl (C=O) groups excluding carboxylic acids is 4. The third-order valence-corrected chi connectivity index (χ3v) is 11.2. The highest BCUT2D eigenvalue weighted by Crippen LogP contribution is 2.46. The van der Waals surface area contributed by atoms with Crippen LogP contribution in [0.15, 0.2) is 53.6 Å². The second-order valence-electron chi connectivity index (χ2n) is 14.6. The van der Waals surface area contributed by atoms with Crippen molar-refractivity contribution >= 4 is 40.1 Å². The van der Waals surface area contributed by atoms with E-state index in [1.807, 2.05) is 4.90 Å². The number of piperidine rings is 2. The molecule has 2 aromatic heterocycles. The molecule has 4 aliphatic heterocycles. The molecule has 2 fully saturated rings. The molecule has 0 bridgehead atoms. The number of fused-ring (bicyclic) bond motifs is 1. The summed E-state index contributed by atoms with van der Waals surface area (Å²) in [5, 5.41) is 17.2. The maximum atomic E-state index is 15.8. The summed E-state index contributed by atoms with van der Waals surface area (Å²) in [4.78, 5) is 70.2. The number of nitrogens with one attached hydrogen (secondary N) is 3. The zero-order valence-corrected chi connectivity index (χ0v) is 30.2. The summed E-state index contributed by atoms with van der Waals surface area (Å²) < 4.78 is 47.5. The SMILES string of the molecule is Cn1ncnc1[C@H]1c2n[nH]c(=O)c3cc(F)cc(c23)N[C@@H]1c1ccc(F)c(C#CC2CCN(Cc3ccc4c(c3F)C(=O)N(C3CCC(=O)NC3=O)C4=O)CC2)c1. The molecule has 0 spiro atoms. The Balaban J connectivity index is 0.913. The Kier molecular flexibility index (Phi) is 8.72. The fraction of sp³-hybridized carbons (Fsp3) is 0.300. The summed E-state index contributed by atoms with van der Waals surface area (Å²) in [6.07, 6.45) is 2.54. The Morgan fingerprint density at radius 2 is 1.75 bits per heavy atom. The van der Waals surface area contributed by atoms with Gasteiger partial charge in [-0.2, -0.15) is 10.2 Å². The van der Waals surface area contributed by atoms with E-state index < -0.39 is 64.6 Å². The largest absolute Gasteiger partial charge is 0.376 e. The van der Waals surface area contributed by atoms with E-state index in [1.165, 1.54) is 30.6 Å². The lowest BCUT2D eigenvalue weighted by atomic mass is 9.83. The number of hydrogen-bond acceptors (Lipinski definition) is 10. The molecule has 5 aromatic rings. The van der Waals surface area contributed by atoms with Crippen molar-refractivity contribution in [3.63, 3.8) is 0 Å². The Bertz CT molecular complexity index is 2690. The average molecular weight is 776 g/mol. The molecule has 9 rings (SSSR count). The van der Waals surface area contributed by atoms with Gasteiger partial charge in [-0.05, 0) is 68.2 Å². The van der Waals surface area contributed by atoms with Crippen molar-refractivity contribution in [2.45, 2.75) is 50.2 Å². The van der Waals surface area contributed by atoms with Crippen molar-refractivity contribution in [1.29, 1.82) is 0 Å². The van der Waals surface area contributed by atoms with Crippen molar-refractivity contribution in [2.24, 2.45) is 13.0 Å². The number of aromatic amines is 1. The molecule has 14 nitrogen and oxygen atoms in total. The predicted octanol–water partition coefficient (Wildman–Crippen LogP) is 3.43. The fourth-order valence-corrected chi connectivity index (χ4v) is 8.34. The minimum atomic E-state index is -1.19. The number of H-pyrrole nitrogens is 1. The van der Waals surface area contributed by atoms with Crippen molar-refractivity contribution in [3.05, 3.63) is 116 Å². The van der Waals surface area contributed by atoms with Crippen LogP contribution in [0.25, 0.3) is 10.8 Å². The lowest BCUT2D eigenvalue weighted by Gasteiger charge is -2.33. The highest BCUT2D eigenvalue weighted by atomic mass is 19.1. The number of amides is 4. The summed E-state index contributed by atoms with van der Waals surface area (Å²) in [5.74, 6) is 1.14. The topological polar surface area (TPSA) is 175 Å². The summed E-state index contributed by atoms with van der Waals surface area (Å²) in [5.41, 5.74) is 0.781. The molecule has 2 saturated heterocycles. The molecule has 1 unspecified atom stereocenters. The molecule has 4 aliphatic rings. The number of likely N-dealkylation sites (tertiary alicyclic amines) is 1. The minimum absolute atomic E-state index is 0.0291. The zero-order valence-electron chi connectivity index (χ0n) is 30.2. The Labute approximate surface area is 321 Å². The van der Waals surface area contributed by atoms with E-state index in [9.17, 15) is 28.4 Å². The number of imide groups is 2. The highest BCUT2D eigenvalue weighted by molar-refractivity contribution is 6.23. The van der Waals surface area contributed by atoms with Gasteiger partial charge in [-0.25, -0.2) is 23.3 Å². The maximum absolute atomic E-state index is 15.8. The van der Waals surface area contributed by atoms with Gasteiger partial charge in [0.05, 0.1) is 39.7 Å². The van der Waals surface area contributed by atoms with Crippen LogP contribution in [0.4, 0.5) is 18.9 Å². The summed E-state index contributed by atoms with van der Waals surface area (Å²) in [6.45, 7) is 1.24. The van der Waals surface area contributed by atoms with E-state index in [-0.39, 0.29) is 52.9 Å². The Morgan fingerprint density at radius 3 is 2.51 bits per heavy atom. The van der Waals surface area contributed by atoms with Crippen LogP contribution in [0.5, 0.6) is 0 Å². The number of rotatable bonds is 5. The third kappa shape index (κ3) is 6.12. The molecule has 0 radical (unpaired) electrons. The second kappa shape index (κ2) is 13.8. The normalized spacial score (nSPS) is 21.0. The first-order valence-electron chi connectivity index (χ1n) is 18.4.